The zero-order valence-corrected chi connectivity index (χ0v) is 15.5. The molecule has 0 saturated heterocycles. The molecule has 0 saturated carbocycles. The van der Waals surface area contributed by atoms with Crippen LogP contribution in [0.1, 0.15) is 29.8 Å². The predicted octanol–water partition coefficient (Wildman–Crippen LogP) is 3.57. The highest BCUT2D eigenvalue weighted by Gasteiger charge is 2.05. The molecule has 0 spiro atoms. The summed E-state index contributed by atoms with van der Waals surface area (Å²) in [6, 6.07) is 12.1. The van der Waals surface area contributed by atoms with E-state index in [0.29, 0.717) is 17.9 Å². The van der Waals surface area contributed by atoms with Crippen LogP contribution in [0.3, 0.4) is 0 Å². The van der Waals surface area contributed by atoms with Gasteiger partial charge in [-0.2, -0.15) is 5.10 Å². The van der Waals surface area contributed by atoms with Crippen LogP contribution in [0.2, 0.25) is 0 Å². The van der Waals surface area contributed by atoms with Crippen LogP contribution < -0.4 is 15.5 Å². The van der Waals surface area contributed by atoms with Crippen LogP contribution >= 0.6 is 15.9 Å². The van der Waals surface area contributed by atoms with Gasteiger partial charge in [0, 0.05) is 18.2 Å². The molecule has 0 unspecified atom stereocenters. The molecule has 0 aliphatic rings. The zero-order valence-electron chi connectivity index (χ0n) is 13.9. The van der Waals surface area contributed by atoms with Crippen molar-refractivity contribution in [2.24, 2.45) is 5.10 Å². The number of hydrazone groups is 1. The van der Waals surface area contributed by atoms with Crippen molar-refractivity contribution >= 4 is 39.6 Å². The average molecular weight is 404 g/mol. The van der Waals surface area contributed by atoms with Gasteiger partial charge in [-0.05, 0) is 70.9 Å². The number of benzene rings is 2. The molecule has 0 fully saturated rings. The molecule has 0 atom stereocenters. The number of hydrogen-bond acceptors (Lipinski definition) is 4. The van der Waals surface area contributed by atoms with Gasteiger partial charge in [0.2, 0.25) is 5.91 Å². The number of amides is 2. The van der Waals surface area contributed by atoms with E-state index in [-0.39, 0.29) is 11.8 Å². The van der Waals surface area contributed by atoms with Crippen molar-refractivity contribution in [3.05, 3.63) is 58.1 Å². The number of anilines is 1. The monoisotopic (exact) mass is 403 g/mol. The van der Waals surface area contributed by atoms with Crippen LogP contribution in [0.5, 0.6) is 5.75 Å². The Morgan fingerprint density at radius 3 is 2.52 bits per heavy atom. The lowest BCUT2D eigenvalue weighted by atomic mass is 10.2. The summed E-state index contributed by atoms with van der Waals surface area (Å²) < 4.78 is 6.26. The van der Waals surface area contributed by atoms with Crippen LogP contribution in [-0.4, -0.2) is 24.6 Å². The highest BCUT2D eigenvalue weighted by Crippen LogP contribution is 2.25. The van der Waals surface area contributed by atoms with E-state index >= 15 is 0 Å². The second-order valence-corrected chi connectivity index (χ2v) is 5.93. The van der Waals surface area contributed by atoms with E-state index in [1.165, 1.54) is 6.92 Å². The summed E-state index contributed by atoms with van der Waals surface area (Å²) in [7, 11) is 0. The maximum atomic E-state index is 12.0. The van der Waals surface area contributed by atoms with Crippen molar-refractivity contribution in [2.75, 3.05) is 11.9 Å². The molecule has 0 heterocycles. The fraction of sp³-hybridized carbons (Fsp3) is 0.167. The van der Waals surface area contributed by atoms with Gasteiger partial charge in [-0.3, -0.25) is 9.59 Å². The summed E-state index contributed by atoms with van der Waals surface area (Å²) in [6.45, 7) is 3.93. The van der Waals surface area contributed by atoms with Gasteiger partial charge in [-0.25, -0.2) is 5.43 Å². The lowest BCUT2D eigenvalue weighted by Crippen LogP contribution is -2.17. The third kappa shape index (κ3) is 5.72. The van der Waals surface area contributed by atoms with Gasteiger partial charge in [-0.1, -0.05) is 0 Å². The molecule has 0 aromatic heterocycles. The molecule has 0 radical (unpaired) electrons. The first-order valence-electron chi connectivity index (χ1n) is 7.63. The molecule has 2 amide bonds. The number of carbonyl (C=O) groups excluding carboxylic acids is 2. The molecule has 0 bridgehead atoms. The first-order chi connectivity index (χ1) is 12.0. The second-order valence-electron chi connectivity index (χ2n) is 5.08. The maximum absolute atomic E-state index is 12.0. The molecule has 0 aliphatic carbocycles. The van der Waals surface area contributed by atoms with Gasteiger partial charge in [0.1, 0.15) is 5.75 Å². The summed E-state index contributed by atoms with van der Waals surface area (Å²) in [6.07, 6.45) is 1.55. The number of halogens is 1. The Kier molecular flexibility index (Phi) is 6.71. The normalized spacial score (nSPS) is 10.5. The van der Waals surface area contributed by atoms with Crippen molar-refractivity contribution in [1.82, 2.24) is 5.43 Å². The van der Waals surface area contributed by atoms with Crippen LogP contribution in [0.4, 0.5) is 5.69 Å². The molecular weight excluding hydrogens is 386 g/mol. The molecule has 25 heavy (non-hydrogen) atoms. The second kappa shape index (κ2) is 8.98. The lowest BCUT2D eigenvalue weighted by Gasteiger charge is -2.06. The van der Waals surface area contributed by atoms with Crippen LogP contribution in [0.25, 0.3) is 0 Å². The summed E-state index contributed by atoms with van der Waals surface area (Å²) in [4.78, 5) is 23.0. The van der Waals surface area contributed by atoms with E-state index in [0.717, 1.165) is 15.8 Å². The summed E-state index contributed by atoms with van der Waals surface area (Å²) in [5, 5.41) is 6.59. The number of hydrogen-bond donors (Lipinski definition) is 2. The van der Waals surface area contributed by atoms with E-state index in [1.807, 2.05) is 25.1 Å². The Hall–Kier alpha value is -2.67. The van der Waals surface area contributed by atoms with Gasteiger partial charge in [0.25, 0.3) is 5.91 Å². The Labute approximate surface area is 154 Å². The highest BCUT2D eigenvalue weighted by atomic mass is 79.9. The molecule has 2 rings (SSSR count). The number of nitrogens with zero attached hydrogens (tertiary/aromatic N) is 1. The standard InChI is InChI=1S/C18H18BrN3O3/c1-3-25-17-9-4-13(10-16(17)19)11-20-22-18(24)14-5-7-15(8-6-14)21-12(2)23/h4-11H,3H2,1-2H3,(H,21,23)(H,22,24). The first-order valence-corrected chi connectivity index (χ1v) is 8.42. The van der Waals surface area contributed by atoms with Crippen molar-refractivity contribution in [3.63, 3.8) is 0 Å². The molecule has 2 aromatic rings. The molecule has 6 nitrogen and oxygen atoms in total. The van der Waals surface area contributed by atoms with Gasteiger partial charge >= 0.3 is 0 Å². The molecule has 2 aromatic carbocycles. The van der Waals surface area contributed by atoms with Crippen LogP contribution in [-0.2, 0) is 4.79 Å². The van der Waals surface area contributed by atoms with Gasteiger partial charge in [-0.15, -0.1) is 0 Å². The minimum atomic E-state index is -0.337. The lowest BCUT2D eigenvalue weighted by molar-refractivity contribution is -0.114. The van der Waals surface area contributed by atoms with Crippen molar-refractivity contribution in [2.45, 2.75) is 13.8 Å². The Morgan fingerprint density at radius 1 is 1.20 bits per heavy atom. The third-order valence-electron chi connectivity index (χ3n) is 3.10. The quantitative estimate of drug-likeness (QED) is 0.571. The summed E-state index contributed by atoms with van der Waals surface area (Å²) >= 11 is 3.43. The number of carbonyl (C=O) groups is 2. The van der Waals surface area contributed by atoms with Crippen LogP contribution in [0, 0.1) is 0 Å². The van der Waals surface area contributed by atoms with E-state index < -0.39 is 0 Å². The first kappa shape index (κ1) is 18.7. The topological polar surface area (TPSA) is 79.8 Å². The SMILES string of the molecule is CCOc1ccc(C=NNC(=O)c2ccc(NC(C)=O)cc2)cc1Br. The van der Waals surface area contributed by atoms with Gasteiger partial charge in [0.15, 0.2) is 0 Å². The van der Waals surface area contributed by atoms with Crippen molar-refractivity contribution < 1.29 is 14.3 Å². The molecular formula is C18H18BrN3O3. The van der Waals surface area contributed by atoms with E-state index in [9.17, 15) is 9.59 Å². The largest absolute Gasteiger partial charge is 0.493 e. The Morgan fingerprint density at radius 2 is 1.92 bits per heavy atom. The number of nitrogens with one attached hydrogen (secondary N) is 2. The number of ether oxygens (including phenoxy) is 1. The van der Waals surface area contributed by atoms with Gasteiger partial charge < -0.3 is 10.1 Å². The number of rotatable bonds is 6. The van der Waals surface area contributed by atoms with Crippen molar-refractivity contribution in [1.29, 1.82) is 0 Å². The maximum Gasteiger partial charge on any atom is 0.271 e. The molecule has 2 N–H and O–H groups in total. The molecule has 7 heteroatoms. The fourth-order valence-electron chi connectivity index (χ4n) is 2.01. The minimum absolute atomic E-state index is 0.164. The van der Waals surface area contributed by atoms with E-state index in [1.54, 1.807) is 30.5 Å². The third-order valence-corrected chi connectivity index (χ3v) is 3.72. The summed E-state index contributed by atoms with van der Waals surface area (Å²) in [5.74, 6) is 0.252. The smallest absolute Gasteiger partial charge is 0.271 e. The molecule has 130 valence electrons. The Bertz CT molecular complexity index is 789. The minimum Gasteiger partial charge on any atom is -0.493 e. The predicted molar refractivity (Wildman–Crippen MR) is 101 cm³/mol. The Balaban J connectivity index is 1.96. The van der Waals surface area contributed by atoms with Gasteiger partial charge in [0.05, 0.1) is 17.3 Å². The highest BCUT2D eigenvalue weighted by molar-refractivity contribution is 9.10. The van der Waals surface area contributed by atoms with E-state index in [2.05, 4.69) is 31.8 Å². The van der Waals surface area contributed by atoms with Crippen LogP contribution in [0.15, 0.2) is 52.0 Å². The average Bonchev–Trinajstić information content (AvgIpc) is 2.57. The van der Waals surface area contributed by atoms with E-state index in [4.69, 9.17) is 4.74 Å². The zero-order chi connectivity index (χ0) is 18.2. The molecule has 0 aliphatic heterocycles. The summed E-state index contributed by atoms with van der Waals surface area (Å²) in [5.41, 5.74) is 4.35. The fourth-order valence-corrected chi connectivity index (χ4v) is 2.52. The van der Waals surface area contributed by atoms with Crippen molar-refractivity contribution in [3.8, 4) is 5.75 Å².